The van der Waals surface area contributed by atoms with Crippen LogP contribution in [0, 0.1) is 0 Å². The Balaban J connectivity index is 2.10. The molecule has 1 aromatic heterocycles. The van der Waals surface area contributed by atoms with Crippen LogP contribution in [0.5, 0.6) is 0 Å². The smallest absolute Gasteiger partial charge is 0.384 e. The zero-order chi connectivity index (χ0) is 15.6. The highest BCUT2D eigenvalue weighted by Gasteiger charge is 2.36. The molecule has 1 aromatic rings. The zero-order valence-electron chi connectivity index (χ0n) is 11.4. The van der Waals surface area contributed by atoms with Gasteiger partial charge in [-0.05, 0) is 12.8 Å². The van der Waals surface area contributed by atoms with Crippen molar-refractivity contribution in [2.75, 3.05) is 23.7 Å². The topological polar surface area (TPSA) is 84.1 Å². The lowest BCUT2D eigenvalue weighted by Crippen LogP contribution is -2.44. The normalized spacial score (nSPS) is 16.9. The van der Waals surface area contributed by atoms with E-state index in [-0.39, 0.29) is 23.6 Å². The molecule has 0 saturated carbocycles. The Bertz CT molecular complexity index is 526. The summed E-state index contributed by atoms with van der Waals surface area (Å²) in [5.74, 6) is -1.40. The van der Waals surface area contributed by atoms with Gasteiger partial charge in [0.25, 0.3) is 0 Å². The lowest BCUT2D eigenvalue weighted by Gasteiger charge is -2.33. The summed E-state index contributed by atoms with van der Waals surface area (Å²) in [5, 5.41) is 2.80. The molecule has 9 heteroatoms. The molecule has 1 amide bonds. The van der Waals surface area contributed by atoms with Gasteiger partial charge in [-0.2, -0.15) is 13.2 Å². The lowest BCUT2D eigenvalue weighted by atomic mass is 10.1. The van der Waals surface area contributed by atoms with Gasteiger partial charge in [0.2, 0.25) is 11.7 Å². The first-order chi connectivity index (χ1) is 9.75. The average Bonchev–Trinajstić information content (AvgIpc) is 2.37. The van der Waals surface area contributed by atoms with E-state index in [1.807, 2.05) is 0 Å². The van der Waals surface area contributed by atoms with Crippen LogP contribution in [-0.4, -0.2) is 35.0 Å². The van der Waals surface area contributed by atoms with E-state index in [4.69, 9.17) is 5.73 Å². The maximum Gasteiger partial charge on any atom is 0.451 e. The Morgan fingerprint density at radius 2 is 2.00 bits per heavy atom. The minimum atomic E-state index is -4.63. The molecule has 2 rings (SSSR count). The Morgan fingerprint density at radius 3 is 2.52 bits per heavy atom. The highest BCUT2D eigenvalue weighted by atomic mass is 19.4. The summed E-state index contributed by atoms with van der Waals surface area (Å²) >= 11 is 0. The van der Waals surface area contributed by atoms with Crippen molar-refractivity contribution >= 4 is 17.5 Å². The fraction of sp³-hybridized carbons (Fsp3) is 0.583. The first-order valence-corrected chi connectivity index (χ1v) is 6.49. The summed E-state index contributed by atoms with van der Waals surface area (Å²) in [6, 6.07) is 1.37. The molecule has 0 atom stereocenters. The third-order valence-corrected chi connectivity index (χ3v) is 3.21. The number of nitrogens with two attached hydrogens (primary N) is 1. The SMILES string of the molecule is CC(=O)NC1CCN(c2cc(N)nc(C(F)(F)F)n2)CC1. The summed E-state index contributed by atoms with van der Waals surface area (Å²) in [6.45, 7) is 2.44. The molecular formula is C12H16F3N5O. The highest BCUT2D eigenvalue weighted by molar-refractivity contribution is 5.73. The van der Waals surface area contributed by atoms with Crippen LogP contribution in [0.1, 0.15) is 25.6 Å². The number of nitrogens with zero attached hydrogens (tertiary/aromatic N) is 3. The van der Waals surface area contributed by atoms with Gasteiger partial charge in [0.1, 0.15) is 11.6 Å². The van der Waals surface area contributed by atoms with Gasteiger partial charge in [-0.25, -0.2) is 9.97 Å². The van der Waals surface area contributed by atoms with Crippen molar-refractivity contribution in [1.82, 2.24) is 15.3 Å². The number of alkyl halides is 3. The molecule has 0 bridgehead atoms. The van der Waals surface area contributed by atoms with Gasteiger partial charge in [0.05, 0.1) is 0 Å². The van der Waals surface area contributed by atoms with E-state index in [0.717, 1.165) is 0 Å². The molecule has 2 heterocycles. The van der Waals surface area contributed by atoms with Crippen molar-refractivity contribution in [3.63, 3.8) is 0 Å². The van der Waals surface area contributed by atoms with Crippen LogP contribution in [0.25, 0.3) is 0 Å². The monoisotopic (exact) mass is 303 g/mol. The molecular weight excluding hydrogens is 287 g/mol. The lowest BCUT2D eigenvalue weighted by molar-refractivity contribution is -0.144. The van der Waals surface area contributed by atoms with Crippen molar-refractivity contribution in [2.24, 2.45) is 0 Å². The van der Waals surface area contributed by atoms with Gasteiger partial charge < -0.3 is 16.0 Å². The second-order valence-corrected chi connectivity index (χ2v) is 4.93. The van der Waals surface area contributed by atoms with Crippen LogP contribution >= 0.6 is 0 Å². The van der Waals surface area contributed by atoms with Crippen molar-refractivity contribution < 1.29 is 18.0 Å². The number of nitrogens with one attached hydrogen (secondary N) is 1. The number of hydrogen-bond acceptors (Lipinski definition) is 5. The molecule has 116 valence electrons. The molecule has 21 heavy (non-hydrogen) atoms. The standard InChI is InChI=1S/C12H16F3N5O/c1-7(21)17-8-2-4-20(5-3-8)10-6-9(16)18-11(19-10)12(13,14)15/h6,8H,2-5H2,1H3,(H,17,21)(H2,16,18,19). The summed E-state index contributed by atoms with van der Waals surface area (Å²) in [4.78, 5) is 19.4. The summed E-state index contributed by atoms with van der Waals surface area (Å²) in [5.41, 5.74) is 5.42. The van der Waals surface area contributed by atoms with Crippen molar-refractivity contribution in [3.05, 3.63) is 11.9 Å². The maximum atomic E-state index is 12.7. The molecule has 3 N–H and O–H groups in total. The Morgan fingerprint density at radius 1 is 1.38 bits per heavy atom. The van der Waals surface area contributed by atoms with E-state index in [1.54, 1.807) is 4.90 Å². The fourth-order valence-corrected chi connectivity index (χ4v) is 2.28. The summed E-state index contributed by atoms with van der Waals surface area (Å²) < 4.78 is 38.0. The molecule has 0 radical (unpaired) electrons. The predicted molar refractivity (Wildman–Crippen MR) is 70.5 cm³/mol. The molecule has 1 aliphatic heterocycles. The second kappa shape index (κ2) is 5.74. The minimum absolute atomic E-state index is 0.0417. The van der Waals surface area contributed by atoms with Crippen molar-refractivity contribution in [1.29, 1.82) is 0 Å². The van der Waals surface area contributed by atoms with Gasteiger partial charge in [-0.15, -0.1) is 0 Å². The van der Waals surface area contributed by atoms with Gasteiger partial charge in [-0.1, -0.05) is 0 Å². The van der Waals surface area contributed by atoms with E-state index in [9.17, 15) is 18.0 Å². The third kappa shape index (κ3) is 3.96. The number of carbonyl (C=O) groups excluding carboxylic acids is 1. The van der Waals surface area contributed by atoms with Gasteiger partial charge >= 0.3 is 6.18 Å². The third-order valence-electron chi connectivity index (χ3n) is 3.21. The quantitative estimate of drug-likeness (QED) is 0.857. The van der Waals surface area contributed by atoms with E-state index < -0.39 is 12.0 Å². The Labute approximate surface area is 119 Å². The van der Waals surface area contributed by atoms with E-state index >= 15 is 0 Å². The number of hydrogen-bond donors (Lipinski definition) is 2. The van der Waals surface area contributed by atoms with Crippen molar-refractivity contribution in [2.45, 2.75) is 32.0 Å². The van der Waals surface area contributed by atoms with Crippen LogP contribution in [0.2, 0.25) is 0 Å². The maximum absolute atomic E-state index is 12.7. The van der Waals surface area contributed by atoms with E-state index in [1.165, 1.54) is 13.0 Å². The molecule has 0 aliphatic carbocycles. The number of carbonyl (C=O) groups is 1. The zero-order valence-corrected chi connectivity index (χ0v) is 11.4. The van der Waals surface area contributed by atoms with Crippen LogP contribution in [0.3, 0.4) is 0 Å². The van der Waals surface area contributed by atoms with E-state index in [2.05, 4.69) is 15.3 Å². The molecule has 6 nitrogen and oxygen atoms in total. The largest absolute Gasteiger partial charge is 0.451 e. The van der Waals surface area contributed by atoms with Crippen LogP contribution < -0.4 is 16.0 Å². The minimum Gasteiger partial charge on any atom is -0.384 e. The first kappa shape index (κ1) is 15.3. The van der Waals surface area contributed by atoms with Crippen molar-refractivity contribution in [3.8, 4) is 0 Å². The number of nitrogen functional groups attached to an aromatic ring is 1. The Hall–Kier alpha value is -2.06. The first-order valence-electron chi connectivity index (χ1n) is 6.49. The number of piperidine rings is 1. The number of aromatic nitrogens is 2. The van der Waals surface area contributed by atoms with Crippen LogP contribution in [-0.2, 0) is 11.0 Å². The number of amides is 1. The average molecular weight is 303 g/mol. The molecule has 1 saturated heterocycles. The van der Waals surface area contributed by atoms with Gasteiger partial charge in [-0.3, -0.25) is 4.79 Å². The number of halogens is 3. The number of anilines is 2. The highest BCUT2D eigenvalue weighted by Crippen LogP contribution is 2.29. The molecule has 0 aromatic carbocycles. The number of rotatable bonds is 2. The second-order valence-electron chi connectivity index (χ2n) is 4.93. The van der Waals surface area contributed by atoms with Crippen LogP contribution in [0.15, 0.2) is 6.07 Å². The van der Waals surface area contributed by atoms with Crippen LogP contribution in [0.4, 0.5) is 24.8 Å². The predicted octanol–water partition coefficient (Wildman–Crippen LogP) is 1.18. The van der Waals surface area contributed by atoms with Gasteiger partial charge in [0, 0.05) is 32.1 Å². The fourth-order valence-electron chi connectivity index (χ4n) is 2.28. The van der Waals surface area contributed by atoms with E-state index in [0.29, 0.717) is 25.9 Å². The summed E-state index contributed by atoms with van der Waals surface area (Å²) in [7, 11) is 0. The molecule has 1 aliphatic rings. The molecule has 0 spiro atoms. The summed E-state index contributed by atoms with van der Waals surface area (Å²) in [6.07, 6.45) is -3.34. The molecule has 0 unspecified atom stereocenters. The van der Waals surface area contributed by atoms with Gasteiger partial charge in [0.15, 0.2) is 0 Å². The Kier molecular flexibility index (Phi) is 4.19. The molecule has 1 fully saturated rings.